The number of fused-ring (bicyclic) bond motifs is 2. The summed E-state index contributed by atoms with van der Waals surface area (Å²) < 4.78 is 10.4. The fourth-order valence-electron chi connectivity index (χ4n) is 5.90. The lowest BCUT2D eigenvalue weighted by atomic mass is 10.1. The van der Waals surface area contributed by atoms with Crippen LogP contribution in [0.15, 0.2) is 82.0 Å². The van der Waals surface area contributed by atoms with Gasteiger partial charge in [-0.25, -0.2) is 9.59 Å². The van der Waals surface area contributed by atoms with E-state index in [4.69, 9.17) is 19.0 Å². The Labute approximate surface area is 304 Å². The van der Waals surface area contributed by atoms with Crippen LogP contribution in [0.1, 0.15) is 78.6 Å². The zero-order chi connectivity index (χ0) is 39.1. The predicted octanol–water partition coefficient (Wildman–Crippen LogP) is 3.61. The van der Waals surface area contributed by atoms with Crippen LogP contribution in [0, 0.1) is 0 Å². The number of nitrogens with zero attached hydrogens (tertiary/aromatic N) is 2. The number of carbonyl (C=O) groups excluding carboxylic acids is 4. The van der Waals surface area contributed by atoms with Gasteiger partial charge in [0, 0.05) is 24.2 Å². The quantitative estimate of drug-likeness (QED) is 0.0894. The number of furan rings is 2. The second-order valence-corrected chi connectivity index (χ2v) is 11.9. The van der Waals surface area contributed by atoms with Gasteiger partial charge in [-0.2, -0.15) is 0 Å². The minimum Gasteiger partial charge on any atom is -0.481 e. The van der Waals surface area contributed by atoms with Crippen molar-refractivity contribution in [2.75, 3.05) is 10.6 Å². The molecule has 2 unspecified atom stereocenters. The van der Waals surface area contributed by atoms with Gasteiger partial charge in [-0.05, 0) is 61.4 Å². The summed E-state index contributed by atoms with van der Waals surface area (Å²) in [4.78, 5) is 96.8. The third-order valence-electron chi connectivity index (χ3n) is 8.42. The molecule has 280 valence electrons. The number of rotatable bonds is 16. The standard InChI is InChI=1S/2C18H16N2O7/c2*21-14(22)7-6-13(18(25)26)20-16(23)11-4-1-5-12(15(11)17(20)24)19-9-10-3-2-8-27-10/h2*1-5,8,13,19H,6-7,9H2,(H,21,22)(H,25,26). The Morgan fingerprint density at radius 3 is 1.26 bits per heavy atom. The molecule has 0 saturated heterocycles. The number of carboxylic acid groups (broad SMARTS) is 4. The Morgan fingerprint density at radius 1 is 0.556 bits per heavy atom. The summed E-state index contributed by atoms with van der Waals surface area (Å²) in [5.74, 6) is -7.10. The lowest BCUT2D eigenvalue weighted by molar-refractivity contribution is -0.144. The average molecular weight is 745 g/mol. The third-order valence-corrected chi connectivity index (χ3v) is 8.42. The van der Waals surface area contributed by atoms with E-state index in [1.807, 2.05) is 0 Å². The maximum Gasteiger partial charge on any atom is 0.326 e. The number of carbonyl (C=O) groups is 8. The number of aliphatic carboxylic acids is 4. The van der Waals surface area contributed by atoms with Crippen LogP contribution in [0.2, 0.25) is 0 Å². The molecule has 0 radical (unpaired) electrons. The van der Waals surface area contributed by atoms with Gasteiger partial charge in [0.05, 0.1) is 47.9 Å². The van der Waals surface area contributed by atoms with Crippen LogP contribution < -0.4 is 10.6 Å². The van der Waals surface area contributed by atoms with E-state index in [1.54, 1.807) is 48.5 Å². The van der Waals surface area contributed by atoms with Crippen LogP contribution >= 0.6 is 0 Å². The van der Waals surface area contributed by atoms with Crippen molar-refractivity contribution in [2.45, 2.75) is 50.9 Å². The number of hydrogen-bond acceptors (Lipinski definition) is 12. The molecule has 2 aliphatic rings. The topological polar surface area (TPSA) is 274 Å². The average Bonchev–Trinajstić information content (AvgIpc) is 3.94. The molecule has 2 atom stereocenters. The highest BCUT2D eigenvalue weighted by Crippen LogP contribution is 2.33. The fraction of sp³-hybridized carbons (Fsp3) is 0.222. The molecule has 4 aromatic rings. The molecule has 6 rings (SSSR count). The molecule has 0 bridgehead atoms. The first-order valence-corrected chi connectivity index (χ1v) is 16.2. The van der Waals surface area contributed by atoms with Gasteiger partial charge in [0.25, 0.3) is 23.6 Å². The Bertz CT molecular complexity index is 1960. The van der Waals surface area contributed by atoms with Crippen molar-refractivity contribution >= 4 is 58.9 Å². The van der Waals surface area contributed by atoms with E-state index >= 15 is 0 Å². The molecule has 6 N–H and O–H groups in total. The minimum absolute atomic E-state index is 0.0654. The third kappa shape index (κ3) is 8.12. The fourth-order valence-corrected chi connectivity index (χ4v) is 5.90. The Hall–Kier alpha value is -7.24. The summed E-state index contributed by atoms with van der Waals surface area (Å²) >= 11 is 0. The van der Waals surface area contributed by atoms with E-state index in [0.29, 0.717) is 32.7 Å². The van der Waals surface area contributed by atoms with Crippen molar-refractivity contribution in [3.8, 4) is 0 Å². The van der Waals surface area contributed by atoms with Crippen LogP contribution in [0.25, 0.3) is 0 Å². The highest BCUT2D eigenvalue weighted by atomic mass is 16.4. The highest BCUT2D eigenvalue weighted by molar-refractivity contribution is 6.25. The zero-order valence-electron chi connectivity index (χ0n) is 28.1. The summed E-state index contributed by atoms with van der Waals surface area (Å²) in [5, 5.41) is 42.4. The van der Waals surface area contributed by atoms with Crippen LogP contribution in [-0.2, 0) is 32.3 Å². The highest BCUT2D eigenvalue weighted by Gasteiger charge is 2.45. The number of nitrogens with one attached hydrogen (secondary N) is 2. The van der Waals surface area contributed by atoms with Crippen LogP contribution in [-0.4, -0.2) is 89.8 Å². The second-order valence-electron chi connectivity index (χ2n) is 11.9. The van der Waals surface area contributed by atoms with Gasteiger partial charge in [0.15, 0.2) is 0 Å². The molecule has 18 heteroatoms. The summed E-state index contributed by atoms with van der Waals surface area (Å²) in [6, 6.07) is 13.0. The maximum atomic E-state index is 12.8. The normalized spacial score (nSPS) is 14.1. The predicted molar refractivity (Wildman–Crippen MR) is 183 cm³/mol. The summed E-state index contributed by atoms with van der Waals surface area (Å²) in [6.07, 6.45) is 1.31. The van der Waals surface area contributed by atoms with E-state index in [2.05, 4.69) is 10.6 Å². The number of carboxylic acids is 4. The molecule has 2 aromatic heterocycles. The van der Waals surface area contributed by atoms with Crippen molar-refractivity contribution in [2.24, 2.45) is 0 Å². The van der Waals surface area contributed by atoms with Gasteiger partial charge >= 0.3 is 23.9 Å². The summed E-state index contributed by atoms with van der Waals surface area (Å²) in [7, 11) is 0. The van der Waals surface area contributed by atoms with Crippen LogP contribution in [0.5, 0.6) is 0 Å². The summed E-state index contributed by atoms with van der Waals surface area (Å²) in [6.45, 7) is 0.540. The molecule has 0 saturated carbocycles. The smallest absolute Gasteiger partial charge is 0.326 e. The van der Waals surface area contributed by atoms with Crippen molar-refractivity contribution in [3.63, 3.8) is 0 Å². The molecule has 2 aromatic carbocycles. The molecular formula is C36H32N4O14. The molecule has 18 nitrogen and oxygen atoms in total. The van der Waals surface area contributed by atoms with Crippen molar-refractivity contribution in [3.05, 3.63) is 107 Å². The number of amides is 4. The summed E-state index contributed by atoms with van der Waals surface area (Å²) in [5.41, 5.74) is 1.02. The van der Waals surface area contributed by atoms with Gasteiger partial charge in [0.2, 0.25) is 0 Å². The van der Waals surface area contributed by atoms with Crippen molar-refractivity contribution in [1.29, 1.82) is 0 Å². The molecule has 0 fully saturated rings. The monoisotopic (exact) mass is 744 g/mol. The Kier molecular flexibility index (Phi) is 11.5. The van der Waals surface area contributed by atoms with Gasteiger partial charge in [-0.1, -0.05) is 12.1 Å². The number of hydrogen-bond donors (Lipinski definition) is 6. The van der Waals surface area contributed by atoms with Crippen LogP contribution in [0.4, 0.5) is 11.4 Å². The number of benzene rings is 2. The second kappa shape index (κ2) is 16.4. The zero-order valence-corrected chi connectivity index (χ0v) is 28.1. The van der Waals surface area contributed by atoms with E-state index in [-0.39, 0.29) is 48.2 Å². The molecule has 4 heterocycles. The van der Waals surface area contributed by atoms with Gasteiger partial charge in [0.1, 0.15) is 23.6 Å². The van der Waals surface area contributed by atoms with Crippen molar-refractivity contribution < 1.29 is 67.6 Å². The van der Waals surface area contributed by atoms with Gasteiger partial charge in [-0.3, -0.25) is 38.6 Å². The lowest BCUT2D eigenvalue weighted by Crippen LogP contribution is -2.45. The largest absolute Gasteiger partial charge is 0.481 e. The molecule has 4 amide bonds. The number of anilines is 2. The van der Waals surface area contributed by atoms with Gasteiger partial charge < -0.3 is 39.9 Å². The number of imide groups is 2. The van der Waals surface area contributed by atoms with E-state index in [1.165, 1.54) is 24.7 Å². The minimum atomic E-state index is -1.55. The lowest BCUT2D eigenvalue weighted by Gasteiger charge is -2.22. The Morgan fingerprint density at radius 2 is 0.944 bits per heavy atom. The first kappa shape index (κ1) is 38.0. The van der Waals surface area contributed by atoms with Crippen molar-refractivity contribution in [1.82, 2.24) is 9.80 Å². The van der Waals surface area contributed by atoms with Gasteiger partial charge in [-0.15, -0.1) is 0 Å². The van der Waals surface area contributed by atoms with E-state index in [9.17, 15) is 48.6 Å². The Balaban J connectivity index is 0.000000208. The first-order valence-electron chi connectivity index (χ1n) is 16.2. The first-order chi connectivity index (χ1) is 25.8. The molecule has 2 aliphatic heterocycles. The maximum absolute atomic E-state index is 12.8. The molecular weight excluding hydrogens is 712 g/mol. The molecule has 0 spiro atoms. The SMILES string of the molecule is O=C(O)CCC(C(=O)O)N1C(=O)c2cccc(NCc3ccco3)c2C1=O.O=C(O)CCC(C(=O)O)N1C(=O)c2cccc(NCc3ccco3)c2C1=O. The van der Waals surface area contributed by atoms with E-state index < -0.39 is 72.4 Å². The molecule has 54 heavy (non-hydrogen) atoms. The molecule has 0 aliphatic carbocycles. The van der Waals surface area contributed by atoms with Crippen LogP contribution in [0.3, 0.4) is 0 Å². The van der Waals surface area contributed by atoms with E-state index in [0.717, 1.165) is 0 Å².